The van der Waals surface area contributed by atoms with Gasteiger partial charge in [0.1, 0.15) is 5.75 Å². The average molecular weight is 322 g/mol. The second kappa shape index (κ2) is 7.94. The van der Waals surface area contributed by atoms with Crippen molar-refractivity contribution in [3.05, 3.63) is 29.3 Å². The Hall–Kier alpha value is -2.12. The zero-order valence-corrected chi connectivity index (χ0v) is 13.2. The number of hydrogen-bond acceptors (Lipinski definition) is 5. The molecular formula is C16H22N2O5. The zero-order valence-electron chi connectivity index (χ0n) is 13.2. The highest BCUT2D eigenvalue weighted by molar-refractivity contribution is 5.98. The van der Waals surface area contributed by atoms with Crippen molar-refractivity contribution in [3.8, 4) is 5.75 Å². The molecule has 126 valence electrons. The first-order valence-electron chi connectivity index (χ1n) is 7.68. The molecule has 1 aliphatic heterocycles. The van der Waals surface area contributed by atoms with Crippen LogP contribution in [0.3, 0.4) is 0 Å². The fourth-order valence-corrected chi connectivity index (χ4v) is 2.53. The molecule has 1 aliphatic rings. The van der Waals surface area contributed by atoms with Crippen molar-refractivity contribution >= 4 is 11.9 Å². The number of phenolic OH excluding ortho intramolecular Hbond substituents is 1. The van der Waals surface area contributed by atoms with Gasteiger partial charge in [-0.2, -0.15) is 0 Å². The predicted octanol–water partition coefficient (Wildman–Crippen LogP) is 0.885. The SMILES string of the molecule is CCN(CCN1CCOCC1)C(=O)c1cc(O)cc(C(=O)O)c1. The van der Waals surface area contributed by atoms with E-state index in [-0.39, 0.29) is 22.8 Å². The van der Waals surface area contributed by atoms with Crippen LogP contribution >= 0.6 is 0 Å². The summed E-state index contributed by atoms with van der Waals surface area (Å²) in [4.78, 5) is 27.5. The Bertz CT molecular complexity index is 570. The highest BCUT2D eigenvalue weighted by atomic mass is 16.5. The third-order valence-corrected chi connectivity index (χ3v) is 3.87. The molecule has 0 radical (unpaired) electrons. The minimum Gasteiger partial charge on any atom is -0.508 e. The van der Waals surface area contributed by atoms with Crippen LogP contribution in [0.5, 0.6) is 5.75 Å². The van der Waals surface area contributed by atoms with E-state index in [0.29, 0.717) is 26.3 Å². The lowest BCUT2D eigenvalue weighted by molar-refractivity contribution is 0.0328. The van der Waals surface area contributed by atoms with Crippen LogP contribution in [-0.2, 0) is 4.74 Å². The van der Waals surface area contributed by atoms with Gasteiger partial charge < -0.3 is 19.8 Å². The van der Waals surface area contributed by atoms with Gasteiger partial charge in [0.2, 0.25) is 0 Å². The molecule has 23 heavy (non-hydrogen) atoms. The van der Waals surface area contributed by atoms with E-state index < -0.39 is 5.97 Å². The molecule has 1 heterocycles. The second-order valence-corrected chi connectivity index (χ2v) is 5.41. The monoisotopic (exact) mass is 322 g/mol. The van der Waals surface area contributed by atoms with Crippen LogP contribution < -0.4 is 0 Å². The lowest BCUT2D eigenvalue weighted by Crippen LogP contribution is -2.43. The minimum atomic E-state index is -1.17. The number of morpholine rings is 1. The van der Waals surface area contributed by atoms with Crippen LogP contribution in [0.4, 0.5) is 0 Å². The molecule has 7 heteroatoms. The first kappa shape index (κ1) is 17.2. The maximum absolute atomic E-state index is 12.6. The molecule has 1 saturated heterocycles. The predicted molar refractivity (Wildman–Crippen MR) is 83.9 cm³/mol. The summed E-state index contributed by atoms with van der Waals surface area (Å²) in [6, 6.07) is 3.72. The van der Waals surface area contributed by atoms with Crippen LogP contribution in [0.2, 0.25) is 0 Å². The number of aromatic carboxylic acids is 1. The Labute approximate surface area is 135 Å². The van der Waals surface area contributed by atoms with Gasteiger partial charge >= 0.3 is 5.97 Å². The molecule has 1 fully saturated rings. The summed E-state index contributed by atoms with van der Waals surface area (Å²) in [5.74, 6) is -1.68. The van der Waals surface area contributed by atoms with E-state index in [1.54, 1.807) is 4.90 Å². The van der Waals surface area contributed by atoms with Crippen molar-refractivity contribution in [1.82, 2.24) is 9.80 Å². The van der Waals surface area contributed by atoms with Crippen LogP contribution in [0, 0.1) is 0 Å². The molecule has 0 saturated carbocycles. The smallest absolute Gasteiger partial charge is 0.335 e. The number of benzene rings is 1. The van der Waals surface area contributed by atoms with E-state index in [4.69, 9.17) is 9.84 Å². The third-order valence-electron chi connectivity index (χ3n) is 3.87. The summed E-state index contributed by atoms with van der Waals surface area (Å²) in [5, 5.41) is 18.7. The number of nitrogens with zero attached hydrogens (tertiary/aromatic N) is 2. The number of rotatable bonds is 6. The van der Waals surface area contributed by atoms with E-state index in [0.717, 1.165) is 25.7 Å². The summed E-state index contributed by atoms with van der Waals surface area (Å²) < 4.78 is 5.29. The lowest BCUT2D eigenvalue weighted by atomic mass is 10.1. The summed E-state index contributed by atoms with van der Waals surface area (Å²) in [7, 11) is 0. The van der Waals surface area contributed by atoms with E-state index in [9.17, 15) is 14.7 Å². The number of carboxylic acid groups (broad SMARTS) is 1. The third kappa shape index (κ3) is 4.67. The second-order valence-electron chi connectivity index (χ2n) is 5.41. The first-order valence-corrected chi connectivity index (χ1v) is 7.68. The van der Waals surface area contributed by atoms with Gasteiger partial charge in [0.05, 0.1) is 18.8 Å². The first-order chi connectivity index (χ1) is 11.0. The number of carbonyl (C=O) groups excluding carboxylic acids is 1. The number of aromatic hydroxyl groups is 1. The van der Waals surface area contributed by atoms with E-state index >= 15 is 0 Å². The molecule has 1 aromatic carbocycles. The quantitative estimate of drug-likeness (QED) is 0.808. The largest absolute Gasteiger partial charge is 0.508 e. The van der Waals surface area contributed by atoms with Crippen LogP contribution in [0.25, 0.3) is 0 Å². The molecule has 0 unspecified atom stereocenters. The summed E-state index contributed by atoms with van der Waals surface area (Å²) in [6.07, 6.45) is 0. The number of carbonyl (C=O) groups is 2. The average Bonchev–Trinajstić information content (AvgIpc) is 2.55. The van der Waals surface area contributed by atoms with Crippen LogP contribution in [-0.4, -0.2) is 77.8 Å². The number of amides is 1. The maximum Gasteiger partial charge on any atom is 0.335 e. The molecule has 7 nitrogen and oxygen atoms in total. The molecule has 2 N–H and O–H groups in total. The van der Waals surface area contributed by atoms with Crippen molar-refractivity contribution in [3.63, 3.8) is 0 Å². The molecule has 0 aliphatic carbocycles. The molecule has 1 amide bonds. The van der Waals surface area contributed by atoms with Crippen LogP contribution in [0.1, 0.15) is 27.6 Å². The fourth-order valence-electron chi connectivity index (χ4n) is 2.53. The number of carboxylic acids is 1. The Balaban J connectivity index is 2.05. The van der Waals surface area contributed by atoms with Crippen molar-refractivity contribution in [1.29, 1.82) is 0 Å². The maximum atomic E-state index is 12.6. The number of phenols is 1. The number of ether oxygens (including phenoxy) is 1. The highest BCUT2D eigenvalue weighted by Crippen LogP contribution is 2.17. The van der Waals surface area contributed by atoms with Gasteiger partial charge in [0, 0.05) is 38.3 Å². The molecule has 0 atom stereocenters. The van der Waals surface area contributed by atoms with E-state index in [1.807, 2.05) is 6.92 Å². The van der Waals surface area contributed by atoms with E-state index in [2.05, 4.69) is 4.90 Å². The number of hydrogen-bond donors (Lipinski definition) is 2. The van der Waals surface area contributed by atoms with Gasteiger partial charge in [0.15, 0.2) is 0 Å². The Morgan fingerprint density at radius 2 is 1.87 bits per heavy atom. The number of likely N-dealkylation sites (N-methyl/N-ethyl adjacent to an activating group) is 1. The van der Waals surface area contributed by atoms with Crippen molar-refractivity contribution in [2.24, 2.45) is 0 Å². The van der Waals surface area contributed by atoms with Gasteiger partial charge in [-0.05, 0) is 25.1 Å². The van der Waals surface area contributed by atoms with E-state index in [1.165, 1.54) is 12.1 Å². The topological polar surface area (TPSA) is 90.3 Å². The Kier molecular flexibility index (Phi) is 5.95. The summed E-state index contributed by atoms with van der Waals surface area (Å²) >= 11 is 0. The van der Waals surface area contributed by atoms with Gasteiger partial charge in [0.25, 0.3) is 5.91 Å². The van der Waals surface area contributed by atoms with Crippen molar-refractivity contribution in [2.75, 3.05) is 45.9 Å². The van der Waals surface area contributed by atoms with Crippen molar-refractivity contribution < 1.29 is 24.5 Å². The molecule has 1 aromatic rings. The molecule has 0 aromatic heterocycles. The summed E-state index contributed by atoms with van der Waals surface area (Å²) in [5.41, 5.74) is 0.0869. The van der Waals surface area contributed by atoms with Crippen molar-refractivity contribution in [2.45, 2.75) is 6.92 Å². The van der Waals surface area contributed by atoms with Gasteiger partial charge in [-0.25, -0.2) is 4.79 Å². The molecule has 0 bridgehead atoms. The molecular weight excluding hydrogens is 300 g/mol. The molecule has 2 rings (SSSR count). The van der Waals surface area contributed by atoms with Crippen LogP contribution in [0.15, 0.2) is 18.2 Å². The van der Waals surface area contributed by atoms with Gasteiger partial charge in [-0.15, -0.1) is 0 Å². The lowest BCUT2D eigenvalue weighted by Gasteiger charge is -2.29. The summed E-state index contributed by atoms with van der Waals surface area (Å²) in [6.45, 7) is 6.78. The Morgan fingerprint density at radius 1 is 1.22 bits per heavy atom. The minimum absolute atomic E-state index is 0.0995. The van der Waals surface area contributed by atoms with Gasteiger partial charge in [-0.1, -0.05) is 0 Å². The highest BCUT2D eigenvalue weighted by Gasteiger charge is 2.19. The Morgan fingerprint density at radius 3 is 2.48 bits per heavy atom. The zero-order chi connectivity index (χ0) is 16.8. The normalized spacial score (nSPS) is 15.3. The molecule has 0 spiro atoms. The standard InChI is InChI=1S/C16H22N2O5/c1-2-18(4-3-17-5-7-23-8-6-17)15(20)12-9-13(16(21)22)11-14(19)10-12/h9-11,19H,2-8H2,1H3,(H,21,22). The van der Waals surface area contributed by atoms with Gasteiger partial charge in [-0.3, -0.25) is 9.69 Å². The fraction of sp³-hybridized carbons (Fsp3) is 0.500.